The Labute approximate surface area is 120 Å². The van der Waals surface area contributed by atoms with Gasteiger partial charge in [0, 0.05) is 6.92 Å². The molecule has 1 amide bonds. The number of nitrogens with zero attached hydrogens (tertiary/aromatic N) is 1. The second-order valence-electron chi connectivity index (χ2n) is 4.24. The summed E-state index contributed by atoms with van der Waals surface area (Å²) in [5, 5.41) is 0.868. The summed E-state index contributed by atoms with van der Waals surface area (Å²) in [4.78, 5) is 20.9. The van der Waals surface area contributed by atoms with Crippen molar-refractivity contribution in [2.45, 2.75) is 6.92 Å². The number of hydroxylamine groups is 1. The summed E-state index contributed by atoms with van der Waals surface area (Å²) in [5.41, 5.74) is 4.17. The van der Waals surface area contributed by atoms with E-state index in [1.807, 2.05) is 42.5 Å². The van der Waals surface area contributed by atoms with Crippen molar-refractivity contribution in [1.82, 2.24) is 10.5 Å². The molecule has 1 aromatic heterocycles. The van der Waals surface area contributed by atoms with Crippen LogP contribution in [0.2, 0.25) is 0 Å². The zero-order valence-corrected chi connectivity index (χ0v) is 11.6. The van der Waals surface area contributed by atoms with E-state index >= 15 is 0 Å². The van der Waals surface area contributed by atoms with Crippen molar-refractivity contribution in [3.8, 4) is 16.3 Å². The van der Waals surface area contributed by atoms with Crippen LogP contribution in [0.4, 0.5) is 0 Å². The van der Waals surface area contributed by atoms with Crippen LogP contribution in [0.15, 0.2) is 48.5 Å². The first-order valence-electron chi connectivity index (χ1n) is 6.12. The summed E-state index contributed by atoms with van der Waals surface area (Å²) in [5.74, 6) is 0.339. The van der Waals surface area contributed by atoms with E-state index in [1.165, 1.54) is 6.92 Å². The Kier molecular flexibility index (Phi) is 3.35. The molecule has 0 aliphatic heterocycles. The molecule has 100 valence electrons. The zero-order valence-electron chi connectivity index (χ0n) is 10.8. The molecule has 2 aromatic carbocycles. The van der Waals surface area contributed by atoms with Crippen LogP contribution in [0.1, 0.15) is 6.92 Å². The fourth-order valence-corrected chi connectivity index (χ4v) is 2.84. The molecule has 1 N–H and O–H groups in total. The van der Waals surface area contributed by atoms with Crippen molar-refractivity contribution in [1.29, 1.82) is 0 Å². The molecule has 0 unspecified atom stereocenters. The highest BCUT2D eigenvalue weighted by Gasteiger charge is 2.11. The van der Waals surface area contributed by atoms with E-state index in [4.69, 9.17) is 4.84 Å². The number of para-hydroxylation sites is 2. The van der Waals surface area contributed by atoms with Gasteiger partial charge in [0.15, 0.2) is 5.75 Å². The monoisotopic (exact) mass is 284 g/mol. The summed E-state index contributed by atoms with van der Waals surface area (Å²) < 4.78 is 1.12. The molecule has 3 aromatic rings. The predicted molar refractivity (Wildman–Crippen MR) is 79.5 cm³/mol. The highest BCUT2D eigenvalue weighted by atomic mass is 32.1. The molecule has 0 saturated heterocycles. The van der Waals surface area contributed by atoms with E-state index in [9.17, 15) is 4.79 Å². The first-order valence-corrected chi connectivity index (χ1v) is 6.94. The van der Waals surface area contributed by atoms with E-state index in [0.29, 0.717) is 5.75 Å². The molecule has 4 nitrogen and oxygen atoms in total. The molecule has 0 aliphatic carbocycles. The topological polar surface area (TPSA) is 51.2 Å². The third-order valence-electron chi connectivity index (χ3n) is 2.72. The Bertz CT molecular complexity index is 734. The maximum Gasteiger partial charge on any atom is 0.249 e. The van der Waals surface area contributed by atoms with Gasteiger partial charge in [-0.1, -0.05) is 24.3 Å². The van der Waals surface area contributed by atoms with E-state index < -0.39 is 0 Å². The highest BCUT2D eigenvalue weighted by molar-refractivity contribution is 7.21. The number of thiazole rings is 1. The van der Waals surface area contributed by atoms with Gasteiger partial charge in [0.05, 0.1) is 15.8 Å². The lowest BCUT2D eigenvalue weighted by atomic mass is 10.2. The summed E-state index contributed by atoms with van der Waals surface area (Å²) in [6.07, 6.45) is 0. The van der Waals surface area contributed by atoms with Gasteiger partial charge in [-0.05, 0) is 24.3 Å². The molecule has 0 fully saturated rings. The lowest BCUT2D eigenvalue weighted by Crippen LogP contribution is -2.23. The van der Waals surface area contributed by atoms with Crippen LogP contribution in [0.3, 0.4) is 0 Å². The summed E-state index contributed by atoms with van der Waals surface area (Å²) >= 11 is 1.59. The van der Waals surface area contributed by atoms with E-state index in [0.717, 1.165) is 20.8 Å². The molecule has 0 radical (unpaired) electrons. The van der Waals surface area contributed by atoms with Crippen molar-refractivity contribution < 1.29 is 9.63 Å². The number of hydrogen-bond acceptors (Lipinski definition) is 4. The number of carbonyl (C=O) groups excluding carboxylic acids is 1. The summed E-state index contributed by atoms with van der Waals surface area (Å²) in [6, 6.07) is 15.5. The minimum absolute atomic E-state index is 0.246. The lowest BCUT2D eigenvalue weighted by molar-refractivity contribution is -0.125. The Morgan fingerprint density at radius 1 is 1.15 bits per heavy atom. The van der Waals surface area contributed by atoms with E-state index in [-0.39, 0.29) is 5.91 Å². The second-order valence-corrected chi connectivity index (χ2v) is 5.27. The van der Waals surface area contributed by atoms with Crippen LogP contribution in [-0.4, -0.2) is 10.9 Å². The number of benzene rings is 2. The summed E-state index contributed by atoms with van der Waals surface area (Å²) in [7, 11) is 0. The highest BCUT2D eigenvalue weighted by Crippen LogP contribution is 2.35. The van der Waals surface area contributed by atoms with Crippen molar-refractivity contribution in [2.75, 3.05) is 0 Å². The molecular formula is C15H12N2O2S. The number of fused-ring (bicyclic) bond motifs is 1. The van der Waals surface area contributed by atoms with Gasteiger partial charge in [-0.15, -0.1) is 11.3 Å². The number of carbonyl (C=O) groups is 1. The number of nitrogens with one attached hydrogen (secondary N) is 1. The van der Waals surface area contributed by atoms with E-state index in [1.54, 1.807) is 17.4 Å². The maximum atomic E-state index is 11.0. The normalized spacial score (nSPS) is 10.4. The minimum atomic E-state index is -0.246. The van der Waals surface area contributed by atoms with Gasteiger partial charge >= 0.3 is 0 Å². The van der Waals surface area contributed by atoms with Gasteiger partial charge in [-0.25, -0.2) is 4.98 Å². The third kappa shape index (κ3) is 2.48. The SMILES string of the molecule is CC(=O)NOc1ccccc1-c1nc2ccccc2s1. The largest absolute Gasteiger partial charge is 0.379 e. The summed E-state index contributed by atoms with van der Waals surface area (Å²) in [6.45, 7) is 1.40. The standard InChI is InChI=1S/C15H12N2O2S/c1-10(18)17-19-13-8-4-2-6-11(13)15-16-12-7-3-5-9-14(12)20-15/h2-9H,1H3,(H,17,18). The predicted octanol–water partition coefficient (Wildman–Crippen LogP) is 3.39. The first-order chi connectivity index (χ1) is 9.74. The molecule has 5 heteroatoms. The van der Waals surface area contributed by atoms with Gasteiger partial charge in [0.25, 0.3) is 0 Å². The molecular weight excluding hydrogens is 272 g/mol. The second kappa shape index (κ2) is 5.30. The Hall–Kier alpha value is -2.40. The van der Waals surface area contributed by atoms with Crippen LogP contribution in [0, 0.1) is 0 Å². The van der Waals surface area contributed by atoms with Crippen LogP contribution >= 0.6 is 11.3 Å². The number of aromatic nitrogens is 1. The number of amides is 1. The molecule has 0 atom stereocenters. The Balaban J connectivity index is 2.02. The zero-order chi connectivity index (χ0) is 13.9. The Morgan fingerprint density at radius 2 is 1.90 bits per heavy atom. The molecule has 1 heterocycles. The first kappa shape index (κ1) is 12.6. The lowest BCUT2D eigenvalue weighted by Gasteiger charge is -2.08. The van der Waals surface area contributed by atoms with Crippen LogP contribution in [0.5, 0.6) is 5.75 Å². The minimum Gasteiger partial charge on any atom is -0.379 e. The number of rotatable bonds is 3. The molecule has 0 spiro atoms. The van der Waals surface area contributed by atoms with Gasteiger partial charge < -0.3 is 4.84 Å². The van der Waals surface area contributed by atoms with Crippen LogP contribution in [0.25, 0.3) is 20.8 Å². The van der Waals surface area contributed by atoms with Gasteiger partial charge in [-0.3, -0.25) is 4.79 Å². The van der Waals surface area contributed by atoms with Gasteiger partial charge in [0.1, 0.15) is 5.01 Å². The molecule has 3 rings (SSSR count). The van der Waals surface area contributed by atoms with Crippen molar-refractivity contribution in [3.63, 3.8) is 0 Å². The van der Waals surface area contributed by atoms with Crippen molar-refractivity contribution in [3.05, 3.63) is 48.5 Å². The quantitative estimate of drug-likeness (QED) is 0.750. The molecule has 0 aliphatic rings. The number of hydrogen-bond donors (Lipinski definition) is 1. The molecule has 20 heavy (non-hydrogen) atoms. The van der Waals surface area contributed by atoms with Crippen LogP contribution in [-0.2, 0) is 4.79 Å². The van der Waals surface area contributed by atoms with Crippen LogP contribution < -0.4 is 10.3 Å². The fraction of sp³-hybridized carbons (Fsp3) is 0.0667. The average molecular weight is 284 g/mol. The Morgan fingerprint density at radius 3 is 2.70 bits per heavy atom. The molecule has 0 saturated carbocycles. The fourth-order valence-electron chi connectivity index (χ4n) is 1.85. The van der Waals surface area contributed by atoms with Crippen molar-refractivity contribution in [2.24, 2.45) is 0 Å². The maximum absolute atomic E-state index is 11.0. The van der Waals surface area contributed by atoms with Gasteiger partial charge in [0.2, 0.25) is 5.91 Å². The molecule has 0 bridgehead atoms. The third-order valence-corrected chi connectivity index (χ3v) is 3.79. The van der Waals surface area contributed by atoms with Gasteiger partial charge in [-0.2, -0.15) is 5.48 Å². The average Bonchev–Trinajstić information content (AvgIpc) is 2.89. The van der Waals surface area contributed by atoms with E-state index in [2.05, 4.69) is 10.5 Å². The van der Waals surface area contributed by atoms with Crippen molar-refractivity contribution >= 4 is 27.5 Å². The smallest absolute Gasteiger partial charge is 0.249 e.